The highest BCUT2D eigenvalue weighted by Crippen LogP contribution is 2.14. The lowest BCUT2D eigenvalue weighted by Crippen LogP contribution is -2.43. The summed E-state index contributed by atoms with van der Waals surface area (Å²) in [5, 5.41) is 2.54. The van der Waals surface area contributed by atoms with E-state index in [-0.39, 0.29) is 12.4 Å². The van der Waals surface area contributed by atoms with Gasteiger partial charge in [-0.1, -0.05) is 30.3 Å². The molecule has 1 aromatic rings. The second-order valence-electron chi connectivity index (χ2n) is 3.66. The number of nitrogens with one attached hydrogen (secondary N) is 1. The largest absolute Gasteiger partial charge is 0.467 e. The van der Waals surface area contributed by atoms with Gasteiger partial charge >= 0.3 is 5.97 Å². The third kappa shape index (κ3) is 4.35. The quantitative estimate of drug-likeness (QED) is 0.794. The molecule has 0 aliphatic heterocycles. The molecular weight excluding hydrogens is 256 g/mol. The van der Waals surface area contributed by atoms with Gasteiger partial charge < -0.3 is 15.8 Å². The van der Waals surface area contributed by atoms with Crippen LogP contribution < -0.4 is 11.1 Å². The van der Waals surface area contributed by atoms with E-state index in [0.717, 1.165) is 0 Å². The fourth-order valence-corrected chi connectivity index (χ4v) is 1.32. The molecule has 0 saturated carbocycles. The van der Waals surface area contributed by atoms with Crippen molar-refractivity contribution in [1.82, 2.24) is 5.32 Å². The van der Waals surface area contributed by atoms with Crippen LogP contribution in [0.4, 0.5) is 0 Å². The number of ether oxygens (including phenoxy) is 1. The van der Waals surface area contributed by atoms with Gasteiger partial charge in [-0.05, 0) is 12.5 Å². The first-order chi connectivity index (χ1) is 8.06. The average molecular weight is 273 g/mol. The Morgan fingerprint density at radius 1 is 1.28 bits per heavy atom. The van der Waals surface area contributed by atoms with Crippen molar-refractivity contribution in [3.63, 3.8) is 0 Å². The zero-order valence-corrected chi connectivity index (χ0v) is 11.1. The molecular formula is C12H17ClN2O3. The first-order valence-electron chi connectivity index (χ1n) is 5.25. The lowest BCUT2D eigenvalue weighted by molar-refractivity contribution is -0.145. The maximum Gasteiger partial charge on any atom is 0.333 e. The normalized spacial score (nSPS) is 12.8. The van der Waals surface area contributed by atoms with E-state index in [1.165, 1.54) is 7.11 Å². The number of rotatable bonds is 4. The van der Waals surface area contributed by atoms with Crippen molar-refractivity contribution in [2.24, 2.45) is 5.73 Å². The Kier molecular flexibility index (Phi) is 7.00. The van der Waals surface area contributed by atoms with Crippen molar-refractivity contribution in [2.45, 2.75) is 19.0 Å². The molecule has 0 spiro atoms. The van der Waals surface area contributed by atoms with Crippen molar-refractivity contribution in [3.05, 3.63) is 35.9 Å². The van der Waals surface area contributed by atoms with Crippen molar-refractivity contribution in [2.75, 3.05) is 7.11 Å². The number of benzene rings is 1. The van der Waals surface area contributed by atoms with Gasteiger partial charge in [0.2, 0.25) is 5.91 Å². The Labute approximate surface area is 112 Å². The molecule has 3 N–H and O–H groups in total. The van der Waals surface area contributed by atoms with E-state index in [1.54, 1.807) is 31.2 Å². The smallest absolute Gasteiger partial charge is 0.333 e. The Bertz CT molecular complexity index is 396. The third-order valence-electron chi connectivity index (χ3n) is 2.27. The van der Waals surface area contributed by atoms with Crippen molar-refractivity contribution in [1.29, 1.82) is 0 Å². The van der Waals surface area contributed by atoms with Crippen LogP contribution in [0.25, 0.3) is 0 Å². The molecule has 1 rings (SSSR count). The van der Waals surface area contributed by atoms with Gasteiger partial charge in [-0.15, -0.1) is 12.4 Å². The SMILES string of the molecule is COC(=O)C(NC(=O)[C@@H](C)N)c1ccccc1.Cl. The summed E-state index contributed by atoms with van der Waals surface area (Å²) in [7, 11) is 1.27. The van der Waals surface area contributed by atoms with E-state index in [1.807, 2.05) is 6.07 Å². The lowest BCUT2D eigenvalue weighted by atomic mass is 10.1. The number of carbonyl (C=O) groups is 2. The molecule has 100 valence electrons. The summed E-state index contributed by atoms with van der Waals surface area (Å²) >= 11 is 0. The molecule has 0 bridgehead atoms. The van der Waals surface area contributed by atoms with Gasteiger partial charge in [0.15, 0.2) is 6.04 Å². The van der Waals surface area contributed by atoms with Crippen LogP contribution >= 0.6 is 12.4 Å². The fourth-order valence-electron chi connectivity index (χ4n) is 1.32. The van der Waals surface area contributed by atoms with Crippen LogP contribution in [0.2, 0.25) is 0 Å². The highest BCUT2D eigenvalue weighted by molar-refractivity contribution is 5.87. The van der Waals surface area contributed by atoms with Gasteiger partial charge in [0.25, 0.3) is 0 Å². The Morgan fingerprint density at radius 2 is 1.83 bits per heavy atom. The zero-order valence-electron chi connectivity index (χ0n) is 10.3. The number of amides is 1. The fraction of sp³-hybridized carbons (Fsp3) is 0.333. The van der Waals surface area contributed by atoms with E-state index < -0.39 is 24.0 Å². The van der Waals surface area contributed by atoms with E-state index in [4.69, 9.17) is 5.73 Å². The summed E-state index contributed by atoms with van der Waals surface area (Å²) in [5.41, 5.74) is 6.10. The van der Waals surface area contributed by atoms with Gasteiger partial charge in [0.1, 0.15) is 0 Å². The minimum atomic E-state index is -0.820. The molecule has 0 aliphatic rings. The van der Waals surface area contributed by atoms with Crippen LogP contribution in [-0.2, 0) is 14.3 Å². The van der Waals surface area contributed by atoms with Gasteiger partial charge in [0.05, 0.1) is 13.2 Å². The molecule has 0 aliphatic carbocycles. The second kappa shape index (κ2) is 7.68. The predicted octanol–water partition coefficient (Wildman–Crippen LogP) is 0.786. The van der Waals surface area contributed by atoms with E-state index in [0.29, 0.717) is 5.56 Å². The summed E-state index contributed by atoms with van der Waals surface area (Å²) in [6.45, 7) is 1.55. The molecule has 5 nitrogen and oxygen atoms in total. The van der Waals surface area contributed by atoms with Crippen LogP contribution in [0.5, 0.6) is 0 Å². The Morgan fingerprint density at radius 3 is 2.28 bits per heavy atom. The Balaban J connectivity index is 0.00000289. The standard InChI is InChI=1S/C12H16N2O3.ClH/c1-8(13)11(15)14-10(12(16)17-2)9-6-4-3-5-7-9;/h3-8,10H,13H2,1-2H3,(H,14,15);1H/t8-,10?;/m1./s1. The molecule has 1 aromatic carbocycles. The zero-order chi connectivity index (χ0) is 12.8. The summed E-state index contributed by atoms with van der Waals surface area (Å²) in [6, 6.07) is 7.37. The summed E-state index contributed by atoms with van der Waals surface area (Å²) < 4.78 is 4.65. The minimum absolute atomic E-state index is 0. The number of esters is 1. The predicted molar refractivity (Wildman–Crippen MR) is 70.2 cm³/mol. The number of carbonyl (C=O) groups excluding carboxylic acids is 2. The number of hydrogen-bond donors (Lipinski definition) is 2. The topological polar surface area (TPSA) is 81.4 Å². The van der Waals surface area contributed by atoms with Crippen LogP contribution in [0, 0.1) is 0 Å². The first-order valence-corrected chi connectivity index (χ1v) is 5.25. The number of hydrogen-bond acceptors (Lipinski definition) is 4. The molecule has 2 atom stereocenters. The average Bonchev–Trinajstić information content (AvgIpc) is 2.35. The van der Waals surface area contributed by atoms with Gasteiger partial charge in [0, 0.05) is 0 Å². The number of nitrogens with two attached hydrogens (primary N) is 1. The highest BCUT2D eigenvalue weighted by atomic mass is 35.5. The molecule has 0 fully saturated rings. The molecule has 0 heterocycles. The van der Waals surface area contributed by atoms with Crippen LogP contribution in [0.1, 0.15) is 18.5 Å². The lowest BCUT2D eigenvalue weighted by Gasteiger charge is -2.18. The van der Waals surface area contributed by atoms with Crippen LogP contribution in [0.3, 0.4) is 0 Å². The van der Waals surface area contributed by atoms with E-state index >= 15 is 0 Å². The van der Waals surface area contributed by atoms with Crippen molar-refractivity contribution < 1.29 is 14.3 Å². The van der Waals surface area contributed by atoms with Crippen LogP contribution in [0.15, 0.2) is 30.3 Å². The van der Waals surface area contributed by atoms with Crippen LogP contribution in [-0.4, -0.2) is 25.0 Å². The minimum Gasteiger partial charge on any atom is -0.467 e. The number of methoxy groups -OCH3 is 1. The van der Waals surface area contributed by atoms with Gasteiger partial charge in [-0.2, -0.15) is 0 Å². The summed E-state index contributed by atoms with van der Waals surface area (Å²) in [4.78, 5) is 23.1. The molecule has 0 saturated heterocycles. The molecule has 6 heteroatoms. The summed E-state index contributed by atoms with van der Waals surface area (Å²) in [6.07, 6.45) is 0. The maximum absolute atomic E-state index is 11.6. The third-order valence-corrected chi connectivity index (χ3v) is 2.27. The molecule has 0 radical (unpaired) electrons. The van der Waals surface area contributed by atoms with Crippen molar-refractivity contribution >= 4 is 24.3 Å². The van der Waals surface area contributed by atoms with Gasteiger partial charge in [-0.25, -0.2) is 4.79 Å². The first kappa shape index (κ1) is 16.4. The monoisotopic (exact) mass is 272 g/mol. The number of halogens is 1. The Hall–Kier alpha value is -1.59. The highest BCUT2D eigenvalue weighted by Gasteiger charge is 2.24. The molecule has 1 unspecified atom stereocenters. The van der Waals surface area contributed by atoms with Crippen molar-refractivity contribution in [3.8, 4) is 0 Å². The molecule has 0 aromatic heterocycles. The van der Waals surface area contributed by atoms with E-state index in [2.05, 4.69) is 10.1 Å². The summed E-state index contributed by atoms with van der Waals surface area (Å²) in [5.74, 6) is -0.922. The molecule has 1 amide bonds. The van der Waals surface area contributed by atoms with Gasteiger partial charge in [-0.3, -0.25) is 4.79 Å². The second-order valence-corrected chi connectivity index (χ2v) is 3.66. The maximum atomic E-state index is 11.6. The van der Waals surface area contributed by atoms with E-state index in [9.17, 15) is 9.59 Å². The molecule has 18 heavy (non-hydrogen) atoms.